The molecular weight excluding hydrogens is 194 g/mol. The van der Waals surface area contributed by atoms with Crippen molar-refractivity contribution in [3.8, 4) is 0 Å². The zero-order valence-electron chi connectivity index (χ0n) is 9.14. The highest BCUT2D eigenvalue weighted by Gasteiger charge is 2.35. The number of rotatable bonds is 2. The molecular formula is C10H18NSSi. The number of nitrogens with zero attached hydrogens (tertiary/aromatic N) is 1. The Labute approximate surface area is 86.2 Å². The lowest BCUT2D eigenvalue weighted by Crippen LogP contribution is -2.39. The molecule has 0 aromatic carbocycles. The van der Waals surface area contributed by atoms with Crippen molar-refractivity contribution in [2.75, 3.05) is 0 Å². The molecule has 3 heteroatoms. The van der Waals surface area contributed by atoms with E-state index in [0.717, 1.165) is 0 Å². The first-order valence-corrected chi connectivity index (χ1v) is 8.72. The molecule has 13 heavy (non-hydrogen) atoms. The quantitative estimate of drug-likeness (QED) is 0.683. The van der Waals surface area contributed by atoms with Crippen molar-refractivity contribution in [3.63, 3.8) is 0 Å². The Hall–Kier alpha value is -0.153. The van der Waals surface area contributed by atoms with Crippen LogP contribution in [0.15, 0.2) is 5.38 Å². The fourth-order valence-electron chi connectivity index (χ4n) is 0.943. The summed E-state index contributed by atoms with van der Waals surface area (Å²) in [6.07, 6.45) is 2.89. The zero-order valence-corrected chi connectivity index (χ0v) is 11.0. The lowest BCUT2D eigenvalue weighted by atomic mass is 10.2. The average molecular weight is 212 g/mol. The third-order valence-corrected chi connectivity index (χ3v) is 9.33. The van der Waals surface area contributed by atoms with Gasteiger partial charge in [-0.1, -0.05) is 33.9 Å². The molecule has 1 heterocycles. The van der Waals surface area contributed by atoms with Crippen LogP contribution in [0.1, 0.15) is 25.8 Å². The molecule has 1 rings (SSSR count). The maximum Gasteiger partial charge on any atom is 0.101 e. The number of aromatic nitrogens is 1. The van der Waals surface area contributed by atoms with Crippen LogP contribution >= 0.6 is 11.3 Å². The average Bonchev–Trinajstić information content (AvgIpc) is 2.35. The summed E-state index contributed by atoms with van der Waals surface area (Å²) in [6, 6.07) is 1.19. The maximum atomic E-state index is 4.24. The Balaban J connectivity index is 2.73. The topological polar surface area (TPSA) is 12.9 Å². The lowest BCUT2D eigenvalue weighted by molar-refractivity contribution is 0.713. The highest BCUT2D eigenvalue weighted by molar-refractivity contribution is 7.10. The lowest BCUT2D eigenvalue weighted by Gasteiger charge is -2.36. The van der Waals surface area contributed by atoms with Crippen LogP contribution in [-0.4, -0.2) is 13.1 Å². The van der Waals surface area contributed by atoms with E-state index in [1.807, 2.05) is 5.38 Å². The molecule has 0 aliphatic carbocycles. The van der Waals surface area contributed by atoms with Crippen LogP contribution in [0.4, 0.5) is 0 Å². The monoisotopic (exact) mass is 212 g/mol. The Morgan fingerprint density at radius 2 is 2.08 bits per heavy atom. The molecule has 0 spiro atoms. The maximum absolute atomic E-state index is 4.24. The van der Waals surface area contributed by atoms with Gasteiger partial charge in [0.25, 0.3) is 0 Å². The van der Waals surface area contributed by atoms with Gasteiger partial charge >= 0.3 is 0 Å². The predicted octanol–water partition coefficient (Wildman–Crippen LogP) is 3.53. The van der Waals surface area contributed by atoms with Crippen molar-refractivity contribution in [1.29, 1.82) is 0 Å². The molecule has 0 atom stereocenters. The van der Waals surface area contributed by atoms with Crippen LogP contribution in [0, 0.1) is 6.20 Å². The number of hydrogen-bond donors (Lipinski definition) is 0. The van der Waals surface area contributed by atoms with E-state index >= 15 is 0 Å². The highest BCUT2D eigenvalue weighted by atomic mass is 32.1. The molecule has 0 fully saturated rings. The smallest absolute Gasteiger partial charge is 0.101 e. The van der Waals surface area contributed by atoms with Gasteiger partial charge in [0, 0.05) is 5.38 Å². The van der Waals surface area contributed by atoms with Gasteiger partial charge in [-0.25, -0.2) is 4.98 Å². The van der Waals surface area contributed by atoms with Gasteiger partial charge in [0.2, 0.25) is 0 Å². The summed E-state index contributed by atoms with van der Waals surface area (Å²) in [6.45, 7) is 11.9. The summed E-state index contributed by atoms with van der Waals surface area (Å²) in [5, 5.41) is 3.66. The van der Waals surface area contributed by atoms with E-state index in [4.69, 9.17) is 0 Å². The van der Waals surface area contributed by atoms with Gasteiger partial charge in [0.15, 0.2) is 0 Å². The Kier molecular flexibility index (Phi) is 2.97. The second-order valence-corrected chi connectivity index (χ2v) is 11.7. The fourth-order valence-corrected chi connectivity index (χ4v) is 4.07. The third kappa shape index (κ3) is 2.64. The second-order valence-electron chi connectivity index (χ2n) is 5.18. The minimum Gasteiger partial charge on any atom is -0.240 e. The van der Waals surface area contributed by atoms with E-state index in [0.29, 0.717) is 5.04 Å². The first-order chi connectivity index (χ1) is 5.83. The molecule has 0 bridgehead atoms. The second kappa shape index (κ2) is 3.54. The van der Waals surface area contributed by atoms with E-state index < -0.39 is 8.07 Å². The van der Waals surface area contributed by atoms with Gasteiger partial charge in [0.1, 0.15) is 6.20 Å². The summed E-state index contributed by atoms with van der Waals surface area (Å²) in [4.78, 5) is 4.24. The van der Waals surface area contributed by atoms with Crippen LogP contribution in [0.5, 0.6) is 0 Å². The van der Waals surface area contributed by atoms with Gasteiger partial charge in [-0.05, 0) is 11.1 Å². The summed E-state index contributed by atoms with van der Waals surface area (Å²) >= 11 is 1.73. The van der Waals surface area contributed by atoms with Crippen LogP contribution in [0.3, 0.4) is 0 Å². The Morgan fingerprint density at radius 1 is 1.46 bits per heavy atom. The molecule has 0 N–H and O–H groups in total. The minimum absolute atomic E-state index is 0.457. The summed E-state index contributed by atoms with van der Waals surface area (Å²) in [5.41, 5.74) is 0. The van der Waals surface area contributed by atoms with E-state index in [-0.39, 0.29) is 0 Å². The van der Waals surface area contributed by atoms with Crippen LogP contribution in [0.2, 0.25) is 18.1 Å². The predicted molar refractivity (Wildman–Crippen MR) is 61.9 cm³/mol. The number of thiazole rings is 1. The fraction of sp³-hybridized carbons (Fsp3) is 0.700. The van der Waals surface area contributed by atoms with E-state index in [2.05, 4.69) is 45.0 Å². The first kappa shape index (κ1) is 10.9. The van der Waals surface area contributed by atoms with Gasteiger partial charge in [-0.3, -0.25) is 0 Å². The third-order valence-electron chi connectivity index (χ3n) is 3.06. The molecule has 73 valence electrons. The van der Waals surface area contributed by atoms with E-state index in [9.17, 15) is 0 Å². The van der Waals surface area contributed by atoms with Gasteiger partial charge in [-0.2, -0.15) is 0 Å². The number of hydrogen-bond acceptors (Lipinski definition) is 2. The van der Waals surface area contributed by atoms with Crippen molar-refractivity contribution in [3.05, 3.63) is 16.6 Å². The molecule has 0 unspecified atom stereocenters. The molecule has 0 aliphatic rings. The minimum atomic E-state index is -1.18. The SMILES string of the molecule is CC(C)(C)[Si](C)(C)Cc1n[c]cs1. The summed E-state index contributed by atoms with van der Waals surface area (Å²) in [7, 11) is -1.18. The first-order valence-electron chi connectivity index (χ1n) is 4.63. The van der Waals surface area contributed by atoms with Crippen molar-refractivity contribution in [2.24, 2.45) is 0 Å². The van der Waals surface area contributed by atoms with Crippen molar-refractivity contribution in [1.82, 2.24) is 4.98 Å². The Bertz CT molecular complexity index is 259. The van der Waals surface area contributed by atoms with Crippen molar-refractivity contribution >= 4 is 19.4 Å². The highest BCUT2D eigenvalue weighted by Crippen LogP contribution is 2.38. The van der Waals surface area contributed by atoms with Crippen molar-refractivity contribution in [2.45, 2.75) is 44.9 Å². The molecule has 0 saturated heterocycles. The standard InChI is InChI=1S/C10H18NSSi/c1-10(2,3)13(4,5)8-9-11-6-7-12-9/h7H,8H2,1-5H3. The molecule has 0 saturated carbocycles. The van der Waals surface area contributed by atoms with Crippen LogP contribution < -0.4 is 0 Å². The summed E-state index contributed by atoms with van der Waals surface area (Å²) in [5.74, 6) is 0. The molecule has 0 amide bonds. The van der Waals surface area contributed by atoms with E-state index in [1.54, 1.807) is 11.3 Å². The molecule has 1 aromatic rings. The van der Waals surface area contributed by atoms with Gasteiger partial charge in [0.05, 0.1) is 13.1 Å². The van der Waals surface area contributed by atoms with Crippen molar-refractivity contribution < 1.29 is 0 Å². The normalized spacial score (nSPS) is 13.3. The molecule has 1 nitrogen and oxygen atoms in total. The zero-order chi connectivity index (χ0) is 10.1. The molecule has 0 aliphatic heterocycles. The summed E-state index contributed by atoms with van der Waals surface area (Å²) < 4.78 is 0. The Morgan fingerprint density at radius 3 is 2.46 bits per heavy atom. The van der Waals surface area contributed by atoms with Crippen LogP contribution in [0.25, 0.3) is 0 Å². The van der Waals surface area contributed by atoms with Crippen LogP contribution in [-0.2, 0) is 6.04 Å². The van der Waals surface area contributed by atoms with E-state index in [1.165, 1.54) is 11.1 Å². The largest absolute Gasteiger partial charge is 0.240 e. The van der Waals surface area contributed by atoms with Gasteiger partial charge in [-0.15, -0.1) is 11.3 Å². The molecule has 1 radical (unpaired) electrons. The molecule has 1 aromatic heterocycles. The van der Waals surface area contributed by atoms with Gasteiger partial charge < -0.3 is 0 Å².